The molecule has 0 saturated carbocycles. The highest BCUT2D eigenvalue weighted by Crippen LogP contribution is 2.20. The van der Waals surface area contributed by atoms with E-state index in [0.29, 0.717) is 13.0 Å². The SMILES string of the molecule is COC(C)(C)CCOc1cc(C(=O)O)c(Cl)cn1. The van der Waals surface area contributed by atoms with E-state index in [-0.39, 0.29) is 22.1 Å². The number of ether oxygens (including phenoxy) is 2. The molecule has 100 valence electrons. The molecule has 0 aromatic carbocycles. The van der Waals surface area contributed by atoms with E-state index in [0.717, 1.165) is 0 Å². The molecular weight excluding hydrogens is 258 g/mol. The van der Waals surface area contributed by atoms with Gasteiger partial charge in [-0.3, -0.25) is 0 Å². The zero-order valence-corrected chi connectivity index (χ0v) is 11.3. The van der Waals surface area contributed by atoms with Crippen molar-refractivity contribution < 1.29 is 19.4 Å². The summed E-state index contributed by atoms with van der Waals surface area (Å²) in [6.07, 6.45) is 1.93. The van der Waals surface area contributed by atoms with Crippen molar-refractivity contribution in [2.24, 2.45) is 0 Å². The van der Waals surface area contributed by atoms with Crippen LogP contribution in [0.25, 0.3) is 0 Å². The summed E-state index contributed by atoms with van der Waals surface area (Å²) in [7, 11) is 1.63. The Morgan fingerprint density at radius 2 is 2.22 bits per heavy atom. The Morgan fingerprint density at radius 1 is 1.56 bits per heavy atom. The van der Waals surface area contributed by atoms with Gasteiger partial charge in [-0.1, -0.05) is 11.6 Å². The first-order valence-electron chi connectivity index (χ1n) is 5.42. The molecule has 1 heterocycles. The molecule has 0 aliphatic heterocycles. The fourth-order valence-electron chi connectivity index (χ4n) is 1.17. The maximum absolute atomic E-state index is 10.9. The van der Waals surface area contributed by atoms with Crippen molar-refractivity contribution in [2.75, 3.05) is 13.7 Å². The van der Waals surface area contributed by atoms with Crippen molar-refractivity contribution in [3.63, 3.8) is 0 Å². The zero-order valence-electron chi connectivity index (χ0n) is 10.6. The smallest absolute Gasteiger partial charge is 0.337 e. The van der Waals surface area contributed by atoms with E-state index in [9.17, 15) is 4.79 Å². The Kier molecular flexibility index (Phi) is 4.93. The van der Waals surface area contributed by atoms with Crippen LogP contribution in [0.2, 0.25) is 5.02 Å². The molecule has 18 heavy (non-hydrogen) atoms. The van der Waals surface area contributed by atoms with Crippen molar-refractivity contribution >= 4 is 17.6 Å². The number of methoxy groups -OCH3 is 1. The monoisotopic (exact) mass is 273 g/mol. The molecule has 6 heteroatoms. The number of nitrogens with zero attached hydrogens (tertiary/aromatic N) is 1. The predicted octanol–water partition coefficient (Wildman–Crippen LogP) is 2.63. The Labute approximate surface area is 111 Å². The van der Waals surface area contributed by atoms with Gasteiger partial charge in [0.2, 0.25) is 5.88 Å². The minimum Gasteiger partial charge on any atom is -0.478 e. The molecule has 1 N–H and O–H groups in total. The molecule has 1 rings (SSSR count). The van der Waals surface area contributed by atoms with Gasteiger partial charge in [-0.25, -0.2) is 9.78 Å². The molecule has 0 saturated heterocycles. The largest absolute Gasteiger partial charge is 0.478 e. The van der Waals surface area contributed by atoms with Gasteiger partial charge in [0.05, 0.1) is 29.0 Å². The van der Waals surface area contributed by atoms with Gasteiger partial charge in [-0.05, 0) is 13.8 Å². The van der Waals surface area contributed by atoms with Crippen LogP contribution in [0.1, 0.15) is 30.6 Å². The van der Waals surface area contributed by atoms with Crippen LogP contribution in [-0.4, -0.2) is 35.4 Å². The van der Waals surface area contributed by atoms with E-state index >= 15 is 0 Å². The summed E-state index contributed by atoms with van der Waals surface area (Å²) in [4.78, 5) is 14.8. The van der Waals surface area contributed by atoms with Crippen LogP contribution in [0.5, 0.6) is 5.88 Å². The standard InChI is InChI=1S/C12H16ClNO4/c1-12(2,17-3)4-5-18-10-6-8(11(15)16)9(13)7-14-10/h6-7H,4-5H2,1-3H3,(H,15,16). The number of aromatic carboxylic acids is 1. The van der Waals surface area contributed by atoms with Gasteiger partial charge in [0.25, 0.3) is 0 Å². The third-order valence-electron chi connectivity index (χ3n) is 2.57. The maximum Gasteiger partial charge on any atom is 0.337 e. The van der Waals surface area contributed by atoms with Crippen molar-refractivity contribution in [2.45, 2.75) is 25.9 Å². The van der Waals surface area contributed by atoms with Crippen molar-refractivity contribution in [3.05, 3.63) is 22.8 Å². The lowest BCUT2D eigenvalue weighted by Crippen LogP contribution is -2.25. The molecule has 0 atom stereocenters. The third kappa shape index (κ3) is 4.16. The summed E-state index contributed by atoms with van der Waals surface area (Å²) >= 11 is 5.70. The zero-order chi connectivity index (χ0) is 13.8. The topological polar surface area (TPSA) is 68.7 Å². The predicted molar refractivity (Wildman–Crippen MR) is 67.4 cm³/mol. The number of aromatic nitrogens is 1. The number of carboxylic acid groups (broad SMARTS) is 1. The summed E-state index contributed by atoms with van der Waals surface area (Å²) in [6, 6.07) is 1.31. The van der Waals surface area contributed by atoms with Crippen molar-refractivity contribution in [1.29, 1.82) is 0 Å². The first-order chi connectivity index (χ1) is 8.35. The minimum absolute atomic E-state index is 0.0207. The van der Waals surface area contributed by atoms with Crippen LogP contribution in [0.15, 0.2) is 12.3 Å². The number of hydrogen-bond acceptors (Lipinski definition) is 4. The molecule has 0 bridgehead atoms. The summed E-state index contributed by atoms with van der Waals surface area (Å²) in [5.41, 5.74) is -0.310. The van der Waals surface area contributed by atoms with Gasteiger partial charge in [0, 0.05) is 19.6 Å². The second kappa shape index (κ2) is 6.02. The third-order valence-corrected chi connectivity index (χ3v) is 2.87. The lowest BCUT2D eigenvalue weighted by molar-refractivity contribution is 0.00505. The number of carbonyl (C=O) groups is 1. The molecule has 0 amide bonds. The first-order valence-corrected chi connectivity index (χ1v) is 5.80. The van der Waals surface area contributed by atoms with E-state index in [1.807, 2.05) is 13.8 Å². The normalized spacial score (nSPS) is 11.3. The van der Waals surface area contributed by atoms with Gasteiger partial charge in [0.15, 0.2) is 0 Å². The fourth-order valence-corrected chi connectivity index (χ4v) is 1.35. The second-order valence-corrected chi connectivity index (χ2v) is 4.78. The van der Waals surface area contributed by atoms with Crippen LogP contribution in [0, 0.1) is 0 Å². The number of carboxylic acids is 1. The van der Waals surface area contributed by atoms with Crippen LogP contribution in [0.3, 0.4) is 0 Å². The summed E-state index contributed by atoms with van der Waals surface area (Å²) in [6.45, 7) is 4.26. The van der Waals surface area contributed by atoms with Gasteiger partial charge in [0.1, 0.15) is 0 Å². The fraction of sp³-hybridized carbons (Fsp3) is 0.500. The molecule has 0 fully saturated rings. The molecule has 0 aliphatic carbocycles. The van der Waals surface area contributed by atoms with E-state index in [2.05, 4.69) is 4.98 Å². The highest BCUT2D eigenvalue weighted by Gasteiger charge is 2.17. The Balaban J connectivity index is 2.64. The van der Waals surface area contributed by atoms with E-state index in [1.54, 1.807) is 7.11 Å². The average molecular weight is 274 g/mol. The van der Waals surface area contributed by atoms with E-state index in [4.69, 9.17) is 26.2 Å². The molecule has 0 radical (unpaired) electrons. The Bertz CT molecular complexity index is 434. The van der Waals surface area contributed by atoms with Gasteiger partial charge >= 0.3 is 5.97 Å². The van der Waals surface area contributed by atoms with Crippen LogP contribution in [0.4, 0.5) is 0 Å². The molecule has 0 spiro atoms. The van der Waals surface area contributed by atoms with Crippen molar-refractivity contribution in [3.8, 4) is 5.88 Å². The van der Waals surface area contributed by atoms with Gasteiger partial charge < -0.3 is 14.6 Å². The first kappa shape index (κ1) is 14.7. The quantitative estimate of drug-likeness (QED) is 0.863. The van der Waals surface area contributed by atoms with E-state index < -0.39 is 5.97 Å². The number of pyridine rings is 1. The summed E-state index contributed by atoms with van der Waals surface area (Å²) in [5.74, 6) is -0.867. The van der Waals surface area contributed by atoms with Crippen LogP contribution in [-0.2, 0) is 4.74 Å². The summed E-state index contributed by atoms with van der Waals surface area (Å²) in [5, 5.41) is 8.98. The number of hydrogen-bond donors (Lipinski definition) is 1. The summed E-state index contributed by atoms with van der Waals surface area (Å²) < 4.78 is 10.6. The lowest BCUT2D eigenvalue weighted by atomic mass is 10.1. The molecule has 1 aromatic heterocycles. The van der Waals surface area contributed by atoms with E-state index in [1.165, 1.54) is 12.3 Å². The molecule has 1 aromatic rings. The second-order valence-electron chi connectivity index (χ2n) is 4.37. The van der Waals surface area contributed by atoms with Gasteiger partial charge in [-0.15, -0.1) is 0 Å². The van der Waals surface area contributed by atoms with Crippen LogP contribution < -0.4 is 4.74 Å². The molecule has 0 aliphatic rings. The average Bonchev–Trinajstić information content (AvgIpc) is 2.31. The maximum atomic E-state index is 10.9. The Hall–Kier alpha value is -1.33. The number of rotatable bonds is 6. The highest BCUT2D eigenvalue weighted by molar-refractivity contribution is 6.33. The molecule has 0 unspecified atom stereocenters. The van der Waals surface area contributed by atoms with Crippen LogP contribution >= 0.6 is 11.6 Å². The lowest BCUT2D eigenvalue weighted by Gasteiger charge is -2.22. The van der Waals surface area contributed by atoms with Crippen molar-refractivity contribution in [1.82, 2.24) is 4.98 Å². The number of halogens is 1. The minimum atomic E-state index is -1.11. The Morgan fingerprint density at radius 3 is 2.78 bits per heavy atom. The highest BCUT2D eigenvalue weighted by atomic mass is 35.5. The molecular formula is C12H16ClNO4. The van der Waals surface area contributed by atoms with Gasteiger partial charge in [-0.2, -0.15) is 0 Å². The molecule has 5 nitrogen and oxygen atoms in total.